The lowest BCUT2D eigenvalue weighted by Gasteiger charge is -2.10. The minimum atomic E-state index is -1.69. The van der Waals surface area contributed by atoms with Crippen LogP contribution in [0.5, 0.6) is 0 Å². The number of hydrogen-bond acceptors (Lipinski definition) is 3. The van der Waals surface area contributed by atoms with E-state index in [1.807, 2.05) is 0 Å². The van der Waals surface area contributed by atoms with Crippen LogP contribution in [0.25, 0.3) is 0 Å². The molecular formula is C21H15F3N2O2. The topological polar surface area (TPSA) is 58.2 Å². The molecule has 0 bridgehead atoms. The largest absolute Gasteiger partial charge is 0.356 e. The van der Waals surface area contributed by atoms with Crippen LogP contribution in [-0.2, 0) is 0 Å². The Labute approximate surface area is 159 Å². The molecule has 0 spiro atoms. The molecule has 3 rings (SSSR count). The first-order chi connectivity index (χ1) is 13.3. The van der Waals surface area contributed by atoms with E-state index in [2.05, 4.69) is 10.6 Å². The van der Waals surface area contributed by atoms with E-state index in [-0.39, 0.29) is 5.78 Å². The second-order valence-corrected chi connectivity index (χ2v) is 6.01. The first-order valence-corrected chi connectivity index (χ1v) is 8.28. The Morgan fingerprint density at radius 1 is 0.714 bits per heavy atom. The smallest absolute Gasteiger partial charge is 0.258 e. The molecule has 2 N–H and O–H groups in total. The molecule has 7 heteroatoms. The number of rotatable bonds is 5. The summed E-state index contributed by atoms with van der Waals surface area (Å²) in [5.41, 5.74) is 1.85. The molecule has 0 heterocycles. The summed E-state index contributed by atoms with van der Waals surface area (Å²) in [5.74, 6) is -5.50. The molecule has 0 fully saturated rings. The zero-order valence-corrected chi connectivity index (χ0v) is 14.7. The summed E-state index contributed by atoms with van der Waals surface area (Å²) in [5, 5.41) is 5.55. The number of amides is 1. The van der Waals surface area contributed by atoms with Crippen molar-refractivity contribution in [3.8, 4) is 0 Å². The summed E-state index contributed by atoms with van der Waals surface area (Å²) in [4.78, 5) is 23.4. The molecule has 0 aliphatic carbocycles. The van der Waals surface area contributed by atoms with Gasteiger partial charge in [-0.2, -0.15) is 0 Å². The van der Waals surface area contributed by atoms with Crippen molar-refractivity contribution in [3.05, 3.63) is 89.2 Å². The maximum absolute atomic E-state index is 13.7. The Kier molecular flexibility index (Phi) is 5.44. The number of halogens is 3. The summed E-state index contributed by atoms with van der Waals surface area (Å²) in [6, 6.07) is 15.0. The minimum absolute atomic E-state index is 0.0240. The van der Waals surface area contributed by atoms with Gasteiger partial charge in [-0.05, 0) is 67.6 Å². The fourth-order valence-electron chi connectivity index (χ4n) is 2.49. The van der Waals surface area contributed by atoms with Crippen molar-refractivity contribution < 1.29 is 22.8 Å². The van der Waals surface area contributed by atoms with Crippen LogP contribution < -0.4 is 10.6 Å². The molecule has 3 aromatic carbocycles. The summed E-state index contributed by atoms with van der Waals surface area (Å²) >= 11 is 0. The second-order valence-electron chi connectivity index (χ2n) is 6.01. The van der Waals surface area contributed by atoms with Crippen molar-refractivity contribution >= 4 is 28.8 Å². The predicted octanol–water partition coefficient (Wildman–Crippen LogP) is 5.30. The fraction of sp³-hybridized carbons (Fsp3) is 0.0476. The van der Waals surface area contributed by atoms with Crippen molar-refractivity contribution in [2.45, 2.75) is 6.92 Å². The molecule has 0 saturated carbocycles. The van der Waals surface area contributed by atoms with Gasteiger partial charge in [0.15, 0.2) is 23.2 Å². The average molecular weight is 384 g/mol. The van der Waals surface area contributed by atoms with Gasteiger partial charge in [0, 0.05) is 22.6 Å². The molecule has 0 aliphatic rings. The molecule has 0 saturated heterocycles. The molecule has 0 radical (unpaired) electrons. The first kappa shape index (κ1) is 19.2. The second kappa shape index (κ2) is 7.96. The predicted molar refractivity (Wildman–Crippen MR) is 100 cm³/mol. The van der Waals surface area contributed by atoms with Gasteiger partial charge in [-0.3, -0.25) is 9.59 Å². The third-order valence-electron chi connectivity index (χ3n) is 4.00. The van der Waals surface area contributed by atoms with Crippen LogP contribution in [0.4, 0.5) is 30.2 Å². The van der Waals surface area contributed by atoms with Crippen LogP contribution in [0.3, 0.4) is 0 Å². The first-order valence-electron chi connectivity index (χ1n) is 8.28. The molecule has 1 amide bonds. The standard InChI is InChI=1S/C21H15F3N2O2/c1-12(27)13-2-4-14(5-3-13)25-15-6-8-16(9-7-15)26-21(28)17-10-11-18(22)20(24)19(17)23/h2-11,25H,1H3,(H,26,28). The Hall–Kier alpha value is -3.61. The van der Waals surface area contributed by atoms with E-state index in [0.717, 1.165) is 11.8 Å². The van der Waals surface area contributed by atoms with E-state index in [4.69, 9.17) is 0 Å². The van der Waals surface area contributed by atoms with Crippen LogP contribution in [0.2, 0.25) is 0 Å². The van der Waals surface area contributed by atoms with E-state index in [1.165, 1.54) is 6.92 Å². The summed E-state index contributed by atoms with van der Waals surface area (Å²) in [7, 11) is 0. The quantitative estimate of drug-likeness (QED) is 0.463. The summed E-state index contributed by atoms with van der Waals surface area (Å²) in [6.07, 6.45) is 0. The minimum Gasteiger partial charge on any atom is -0.356 e. The van der Waals surface area contributed by atoms with Gasteiger partial charge < -0.3 is 10.6 Å². The van der Waals surface area contributed by atoms with Crippen molar-refractivity contribution in [1.29, 1.82) is 0 Å². The summed E-state index contributed by atoms with van der Waals surface area (Å²) in [6.45, 7) is 1.49. The highest BCUT2D eigenvalue weighted by Gasteiger charge is 2.18. The highest BCUT2D eigenvalue weighted by Crippen LogP contribution is 2.21. The summed E-state index contributed by atoms with van der Waals surface area (Å²) < 4.78 is 39.9. The molecule has 0 aromatic heterocycles. The maximum atomic E-state index is 13.7. The highest BCUT2D eigenvalue weighted by atomic mass is 19.2. The van der Waals surface area contributed by atoms with Gasteiger partial charge >= 0.3 is 0 Å². The SMILES string of the molecule is CC(=O)c1ccc(Nc2ccc(NC(=O)c3ccc(F)c(F)c3F)cc2)cc1. The fourth-order valence-corrected chi connectivity index (χ4v) is 2.49. The van der Waals surface area contributed by atoms with Gasteiger partial charge in [0.2, 0.25) is 0 Å². The molecular weight excluding hydrogens is 369 g/mol. The van der Waals surface area contributed by atoms with Crippen LogP contribution in [0, 0.1) is 17.5 Å². The third-order valence-corrected chi connectivity index (χ3v) is 4.00. The number of nitrogens with one attached hydrogen (secondary N) is 2. The normalized spacial score (nSPS) is 10.4. The van der Waals surface area contributed by atoms with Gasteiger partial charge in [0.1, 0.15) is 0 Å². The number of Topliss-reactive ketones (excluding diaryl/α,β-unsaturated/α-hetero) is 1. The average Bonchev–Trinajstić information content (AvgIpc) is 2.68. The third kappa shape index (κ3) is 4.20. The van der Waals surface area contributed by atoms with Crippen LogP contribution in [0.1, 0.15) is 27.6 Å². The molecule has 142 valence electrons. The number of anilines is 3. The van der Waals surface area contributed by atoms with Gasteiger partial charge in [0.25, 0.3) is 5.91 Å². The lowest BCUT2D eigenvalue weighted by Crippen LogP contribution is -2.15. The number of benzene rings is 3. The molecule has 0 atom stereocenters. The van der Waals surface area contributed by atoms with E-state index >= 15 is 0 Å². The Balaban J connectivity index is 1.68. The van der Waals surface area contributed by atoms with Crippen molar-refractivity contribution in [2.24, 2.45) is 0 Å². The molecule has 0 aliphatic heterocycles. The van der Waals surface area contributed by atoms with E-state index in [0.29, 0.717) is 23.0 Å². The lowest BCUT2D eigenvalue weighted by molar-refractivity contribution is 0.101. The Bertz CT molecular complexity index is 1030. The van der Waals surface area contributed by atoms with E-state index in [9.17, 15) is 22.8 Å². The number of carbonyl (C=O) groups excluding carboxylic acids is 2. The molecule has 3 aromatic rings. The zero-order chi connectivity index (χ0) is 20.3. The maximum Gasteiger partial charge on any atom is 0.258 e. The van der Waals surface area contributed by atoms with E-state index < -0.39 is 28.9 Å². The Morgan fingerprint density at radius 3 is 1.82 bits per heavy atom. The number of ketones is 1. The van der Waals surface area contributed by atoms with E-state index in [1.54, 1.807) is 48.5 Å². The lowest BCUT2D eigenvalue weighted by atomic mass is 10.1. The highest BCUT2D eigenvalue weighted by molar-refractivity contribution is 6.04. The molecule has 4 nitrogen and oxygen atoms in total. The van der Waals surface area contributed by atoms with Crippen LogP contribution in [-0.4, -0.2) is 11.7 Å². The van der Waals surface area contributed by atoms with Gasteiger partial charge in [0.05, 0.1) is 5.56 Å². The van der Waals surface area contributed by atoms with Crippen molar-refractivity contribution in [1.82, 2.24) is 0 Å². The molecule has 0 unspecified atom stereocenters. The zero-order valence-electron chi connectivity index (χ0n) is 14.7. The number of carbonyl (C=O) groups is 2. The van der Waals surface area contributed by atoms with Crippen molar-refractivity contribution in [2.75, 3.05) is 10.6 Å². The van der Waals surface area contributed by atoms with Gasteiger partial charge in [-0.15, -0.1) is 0 Å². The molecule has 28 heavy (non-hydrogen) atoms. The van der Waals surface area contributed by atoms with Gasteiger partial charge in [-0.25, -0.2) is 13.2 Å². The van der Waals surface area contributed by atoms with Gasteiger partial charge in [-0.1, -0.05) is 0 Å². The number of hydrogen-bond donors (Lipinski definition) is 2. The van der Waals surface area contributed by atoms with Crippen molar-refractivity contribution in [3.63, 3.8) is 0 Å². The van der Waals surface area contributed by atoms with Crippen LogP contribution >= 0.6 is 0 Å². The van der Waals surface area contributed by atoms with Crippen LogP contribution in [0.15, 0.2) is 60.7 Å². The monoisotopic (exact) mass is 384 g/mol. The Morgan fingerprint density at radius 2 is 1.25 bits per heavy atom.